The van der Waals surface area contributed by atoms with Gasteiger partial charge in [-0.3, -0.25) is 0 Å². The number of carbonyl (C=O) groups is 1. The molecule has 0 spiro atoms. The van der Waals surface area contributed by atoms with Crippen LogP contribution in [0.5, 0.6) is 0 Å². The van der Waals surface area contributed by atoms with Gasteiger partial charge in [0.2, 0.25) is 0 Å². The van der Waals surface area contributed by atoms with E-state index in [1.54, 1.807) is 16.7 Å². The van der Waals surface area contributed by atoms with E-state index in [-0.39, 0.29) is 23.0 Å². The number of fused-ring (bicyclic) bond motifs is 1. The van der Waals surface area contributed by atoms with Crippen molar-refractivity contribution in [3.8, 4) is 0 Å². The lowest BCUT2D eigenvalue weighted by atomic mass is 9.86. The third-order valence-electron chi connectivity index (χ3n) is 6.23. The van der Waals surface area contributed by atoms with Crippen molar-refractivity contribution in [1.82, 2.24) is 15.1 Å². The molecule has 1 aliphatic carbocycles. The Balaban J connectivity index is 1.60. The number of carboxylic acid groups (broad SMARTS) is 1. The SMILES string of the molecule is CC1(C)C[C@@H](c2ccc3c(C4(C5=NC(=C=O)ON5)CC4)c(C(=O)O)cn3n2)CCO1. The molecule has 0 bridgehead atoms. The number of carbonyl (C=O) groups excluding carboxylic acids is 1. The largest absolute Gasteiger partial charge is 0.478 e. The highest BCUT2D eigenvalue weighted by Crippen LogP contribution is 2.53. The van der Waals surface area contributed by atoms with Crippen molar-refractivity contribution >= 4 is 23.3 Å². The minimum atomic E-state index is -1.03. The van der Waals surface area contributed by atoms with Crippen LogP contribution in [0.2, 0.25) is 0 Å². The predicted molar refractivity (Wildman–Crippen MR) is 106 cm³/mol. The number of carboxylic acids is 1. The van der Waals surface area contributed by atoms with Gasteiger partial charge < -0.3 is 14.7 Å². The van der Waals surface area contributed by atoms with E-state index < -0.39 is 11.4 Å². The summed E-state index contributed by atoms with van der Waals surface area (Å²) in [7, 11) is 0. The van der Waals surface area contributed by atoms with Crippen LogP contribution < -0.4 is 5.48 Å². The molecule has 2 aliphatic heterocycles. The zero-order valence-electron chi connectivity index (χ0n) is 16.8. The maximum absolute atomic E-state index is 12.1. The molecule has 0 aromatic carbocycles. The molecule has 1 saturated heterocycles. The fourth-order valence-electron chi connectivity index (χ4n) is 4.66. The number of hydrogen-bond acceptors (Lipinski definition) is 7. The zero-order chi connectivity index (χ0) is 21.1. The summed E-state index contributed by atoms with van der Waals surface area (Å²) in [5.41, 5.74) is 4.29. The highest BCUT2D eigenvalue weighted by molar-refractivity contribution is 6.03. The molecule has 2 aromatic rings. The van der Waals surface area contributed by atoms with Crippen molar-refractivity contribution in [2.45, 2.75) is 56.5 Å². The molecule has 5 rings (SSSR count). The average Bonchev–Trinajstić information content (AvgIpc) is 3.20. The second-order valence-electron chi connectivity index (χ2n) is 8.76. The van der Waals surface area contributed by atoms with Crippen LogP contribution in [0, 0.1) is 0 Å². The molecule has 9 heteroatoms. The third kappa shape index (κ3) is 2.89. The third-order valence-corrected chi connectivity index (χ3v) is 6.23. The molecular weight excluding hydrogens is 388 g/mol. The number of hydrogen-bond donors (Lipinski definition) is 2. The van der Waals surface area contributed by atoms with Gasteiger partial charge in [-0.1, -0.05) is 0 Å². The van der Waals surface area contributed by atoms with Crippen LogP contribution in [0.1, 0.15) is 67.1 Å². The molecular formula is C21H22N4O5. The number of aliphatic imine (C=N–C) groups is 1. The van der Waals surface area contributed by atoms with E-state index in [1.807, 2.05) is 12.1 Å². The van der Waals surface area contributed by atoms with Crippen molar-refractivity contribution in [2.24, 2.45) is 4.99 Å². The van der Waals surface area contributed by atoms with Crippen LogP contribution in [0.4, 0.5) is 0 Å². The van der Waals surface area contributed by atoms with E-state index in [0.29, 0.717) is 36.4 Å². The van der Waals surface area contributed by atoms with Crippen molar-refractivity contribution in [1.29, 1.82) is 0 Å². The van der Waals surface area contributed by atoms with Gasteiger partial charge in [0.05, 0.1) is 27.8 Å². The Morgan fingerprint density at radius 1 is 1.37 bits per heavy atom. The second kappa shape index (κ2) is 6.42. The molecule has 0 radical (unpaired) electrons. The number of aromatic carboxylic acids is 1. The summed E-state index contributed by atoms with van der Waals surface area (Å²) >= 11 is 0. The van der Waals surface area contributed by atoms with Crippen LogP contribution in [-0.2, 0) is 19.8 Å². The molecule has 0 unspecified atom stereocenters. The molecule has 30 heavy (non-hydrogen) atoms. The Morgan fingerprint density at radius 3 is 2.80 bits per heavy atom. The standard InChI is InChI=1S/C21H22N4O5/c1-20(2)9-12(5-8-29-20)14-3-4-15-17(13(18(27)28)10-25(15)23-14)21(6-7-21)19-22-16(11-26)30-24-19/h3-4,10,12H,5-9H2,1-2H3,(H,22,24)(H,27,28)/t12-/m0/s1. The number of nitrogens with zero attached hydrogens (tertiary/aromatic N) is 3. The van der Waals surface area contributed by atoms with Crippen molar-refractivity contribution in [2.75, 3.05) is 6.61 Å². The van der Waals surface area contributed by atoms with Crippen LogP contribution in [0.15, 0.2) is 29.2 Å². The normalized spacial score (nSPS) is 24.0. The first-order chi connectivity index (χ1) is 14.3. The van der Waals surface area contributed by atoms with Gasteiger partial charge >= 0.3 is 11.9 Å². The van der Waals surface area contributed by atoms with Gasteiger partial charge in [0.1, 0.15) is 0 Å². The predicted octanol–water partition coefficient (Wildman–Crippen LogP) is 2.34. The van der Waals surface area contributed by atoms with Gasteiger partial charge in [-0.2, -0.15) is 10.1 Å². The minimum absolute atomic E-state index is 0.178. The lowest BCUT2D eigenvalue weighted by molar-refractivity contribution is -0.0598. The lowest BCUT2D eigenvalue weighted by Crippen LogP contribution is -2.33. The highest BCUT2D eigenvalue weighted by Gasteiger charge is 2.54. The molecule has 2 N–H and O–H groups in total. The Bertz CT molecular complexity index is 1140. The van der Waals surface area contributed by atoms with Crippen LogP contribution in [0.3, 0.4) is 0 Å². The molecule has 0 amide bonds. The Hall–Kier alpha value is -3.16. The monoisotopic (exact) mass is 410 g/mol. The summed E-state index contributed by atoms with van der Waals surface area (Å²) in [6, 6.07) is 3.91. The zero-order valence-corrected chi connectivity index (χ0v) is 16.8. The number of amidine groups is 1. The first kappa shape index (κ1) is 18.8. The number of nitrogens with one attached hydrogen (secondary N) is 1. The molecule has 3 aliphatic rings. The summed E-state index contributed by atoms with van der Waals surface area (Å²) in [6.45, 7) is 4.82. The van der Waals surface area contributed by atoms with Crippen LogP contribution >= 0.6 is 0 Å². The Morgan fingerprint density at radius 2 is 2.17 bits per heavy atom. The fourth-order valence-corrected chi connectivity index (χ4v) is 4.66. The van der Waals surface area contributed by atoms with Gasteiger partial charge in [-0.15, -0.1) is 0 Å². The summed E-state index contributed by atoms with van der Waals surface area (Å²) in [5, 5.41) is 14.6. The smallest absolute Gasteiger partial charge is 0.337 e. The van der Waals surface area contributed by atoms with E-state index in [1.165, 1.54) is 0 Å². The quantitative estimate of drug-likeness (QED) is 0.744. The number of rotatable bonds is 4. The Kier molecular flexibility index (Phi) is 4.03. The molecule has 156 valence electrons. The minimum Gasteiger partial charge on any atom is -0.478 e. The summed E-state index contributed by atoms with van der Waals surface area (Å²) in [6.07, 6.45) is 4.70. The van der Waals surface area contributed by atoms with Crippen molar-refractivity contribution in [3.63, 3.8) is 0 Å². The average molecular weight is 410 g/mol. The van der Waals surface area contributed by atoms with Crippen molar-refractivity contribution in [3.05, 3.63) is 41.0 Å². The van der Waals surface area contributed by atoms with E-state index in [9.17, 15) is 14.7 Å². The first-order valence-corrected chi connectivity index (χ1v) is 10.0. The molecule has 1 atom stereocenters. The van der Waals surface area contributed by atoms with Crippen LogP contribution in [0.25, 0.3) is 5.52 Å². The van der Waals surface area contributed by atoms with Gasteiger partial charge in [0.15, 0.2) is 11.8 Å². The highest BCUT2D eigenvalue weighted by atomic mass is 16.7. The second-order valence-corrected chi connectivity index (χ2v) is 8.76. The fraction of sp³-hybridized carbons (Fsp3) is 0.476. The number of hydroxylamine groups is 1. The van der Waals surface area contributed by atoms with E-state index in [2.05, 4.69) is 24.3 Å². The first-order valence-electron chi connectivity index (χ1n) is 10.0. The summed E-state index contributed by atoms with van der Waals surface area (Å²) < 4.78 is 7.47. The van der Waals surface area contributed by atoms with Crippen molar-refractivity contribution < 1.29 is 24.3 Å². The number of aromatic nitrogens is 2. The molecule has 9 nitrogen and oxygen atoms in total. The Labute approximate surface area is 172 Å². The molecule has 2 fully saturated rings. The maximum atomic E-state index is 12.1. The lowest BCUT2D eigenvalue weighted by Gasteiger charge is -2.35. The van der Waals surface area contributed by atoms with E-state index in [0.717, 1.165) is 18.5 Å². The van der Waals surface area contributed by atoms with Gasteiger partial charge in [0.25, 0.3) is 0 Å². The van der Waals surface area contributed by atoms with E-state index in [4.69, 9.17) is 14.7 Å². The topological polar surface area (TPSA) is 115 Å². The van der Waals surface area contributed by atoms with E-state index >= 15 is 0 Å². The van der Waals surface area contributed by atoms with Crippen LogP contribution in [-0.4, -0.2) is 44.7 Å². The van der Waals surface area contributed by atoms with Gasteiger partial charge in [-0.05, 0) is 51.7 Å². The molecule has 4 heterocycles. The van der Waals surface area contributed by atoms with Gasteiger partial charge in [-0.25, -0.2) is 19.6 Å². The summed E-state index contributed by atoms with van der Waals surface area (Å²) in [5.74, 6) is 1.09. The maximum Gasteiger partial charge on any atom is 0.337 e. The summed E-state index contributed by atoms with van der Waals surface area (Å²) in [4.78, 5) is 32.1. The van der Waals surface area contributed by atoms with Gasteiger partial charge in [0, 0.05) is 24.3 Å². The molecule has 1 saturated carbocycles. The number of ether oxygens (including phenoxy) is 1. The molecule has 2 aromatic heterocycles.